The Bertz CT molecular complexity index is 1400. The van der Waals surface area contributed by atoms with Gasteiger partial charge < -0.3 is 4.42 Å². The first-order valence-electron chi connectivity index (χ1n) is 9.50. The third-order valence-electron chi connectivity index (χ3n) is 5.93. The number of fused-ring (bicyclic) bond motifs is 6. The molecule has 2 heterocycles. The molecule has 1 aliphatic carbocycles. The van der Waals surface area contributed by atoms with Crippen LogP contribution in [0.4, 0.5) is 0 Å². The van der Waals surface area contributed by atoms with Crippen LogP contribution in [0.5, 0.6) is 0 Å². The lowest BCUT2D eigenvalue weighted by Gasteiger charge is -2.25. The van der Waals surface area contributed by atoms with Crippen LogP contribution >= 0.6 is 22.9 Å². The van der Waals surface area contributed by atoms with Gasteiger partial charge in [-0.1, -0.05) is 54.9 Å². The summed E-state index contributed by atoms with van der Waals surface area (Å²) in [7, 11) is 0. The quantitative estimate of drug-likeness (QED) is 0.275. The molecule has 0 saturated carbocycles. The van der Waals surface area contributed by atoms with E-state index in [1.807, 2.05) is 23.5 Å². The number of hydrogen-bond acceptors (Lipinski definition) is 2. The minimum Gasteiger partial charge on any atom is -0.456 e. The summed E-state index contributed by atoms with van der Waals surface area (Å²) in [4.78, 5) is 1.48. The highest BCUT2D eigenvalue weighted by atomic mass is 35.5. The zero-order chi connectivity index (χ0) is 18.8. The van der Waals surface area contributed by atoms with Crippen LogP contribution in [0.1, 0.15) is 34.8 Å². The van der Waals surface area contributed by atoms with Crippen LogP contribution in [0.25, 0.3) is 38.1 Å². The maximum atomic E-state index is 6.13. The van der Waals surface area contributed by atoms with Gasteiger partial charge in [0.15, 0.2) is 0 Å². The van der Waals surface area contributed by atoms with Crippen LogP contribution in [0, 0.1) is 0 Å². The number of thiophene rings is 1. The third-order valence-corrected chi connectivity index (χ3v) is 7.55. The molecule has 2 aromatic heterocycles. The second kappa shape index (κ2) is 5.97. The Balaban J connectivity index is 1.49. The second-order valence-corrected chi connectivity index (χ2v) is 9.07. The molecule has 6 rings (SSSR count). The standard InChI is InChI=1S/C25H17ClOS/c1-14-17(9-10-20-19-4-2-3-5-24(19)28-25(14)20)15-6-11-22-21(12-15)18-8-7-16(26)13-23(18)27-22/h2-14,17H,1H3. The molecule has 2 atom stereocenters. The van der Waals surface area contributed by atoms with E-state index in [2.05, 4.69) is 67.6 Å². The zero-order valence-corrected chi connectivity index (χ0v) is 16.8. The number of rotatable bonds is 1. The van der Waals surface area contributed by atoms with Gasteiger partial charge in [-0.05, 0) is 46.8 Å². The molecule has 3 heteroatoms. The van der Waals surface area contributed by atoms with Crippen LogP contribution in [-0.4, -0.2) is 0 Å². The fraction of sp³-hybridized carbons (Fsp3) is 0.120. The highest BCUT2D eigenvalue weighted by Crippen LogP contribution is 2.47. The Morgan fingerprint density at radius 1 is 0.893 bits per heavy atom. The molecular formula is C25H17ClOS. The van der Waals surface area contributed by atoms with E-state index in [9.17, 15) is 0 Å². The first-order valence-corrected chi connectivity index (χ1v) is 10.7. The van der Waals surface area contributed by atoms with Crippen LogP contribution in [0.2, 0.25) is 5.02 Å². The summed E-state index contributed by atoms with van der Waals surface area (Å²) in [5.74, 6) is 0.810. The van der Waals surface area contributed by atoms with Crippen LogP contribution in [-0.2, 0) is 0 Å². The van der Waals surface area contributed by atoms with Crippen molar-refractivity contribution in [3.05, 3.63) is 87.8 Å². The second-order valence-electron chi connectivity index (χ2n) is 7.55. The van der Waals surface area contributed by atoms with E-state index in [4.69, 9.17) is 16.0 Å². The lowest BCUT2D eigenvalue weighted by molar-refractivity contribution is 0.665. The van der Waals surface area contributed by atoms with E-state index in [1.165, 1.54) is 26.1 Å². The van der Waals surface area contributed by atoms with Gasteiger partial charge in [0, 0.05) is 43.3 Å². The molecule has 1 aliphatic rings. The molecule has 0 N–H and O–H groups in total. The van der Waals surface area contributed by atoms with E-state index in [0.717, 1.165) is 21.9 Å². The fourth-order valence-electron chi connectivity index (χ4n) is 4.50. The summed E-state index contributed by atoms with van der Waals surface area (Å²) >= 11 is 8.06. The monoisotopic (exact) mass is 400 g/mol. The number of furan rings is 1. The Labute approximate surface area is 171 Å². The molecule has 0 fully saturated rings. The molecule has 3 aromatic carbocycles. The van der Waals surface area contributed by atoms with Gasteiger partial charge in [-0.2, -0.15) is 0 Å². The van der Waals surface area contributed by atoms with Crippen LogP contribution in [0.3, 0.4) is 0 Å². The molecule has 0 spiro atoms. The zero-order valence-electron chi connectivity index (χ0n) is 15.3. The third kappa shape index (κ3) is 2.32. The molecule has 5 aromatic rings. The smallest absolute Gasteiger partial charge is 0.136 e. The lowest BCUT2D eigenvalue weighted by Crippen LogP contribution is -2.09. The molecule has 0 bridgehead atoms. The highest BCUT2D eigenvalue weighted by molar-refractivity contribution is 7.19. The Hall–Kier alpha value is -2.55. The van der Waals surface area contributed by atoms with Crippen molar-refractivity contribution in [2.45, 2.75) is 18.8 Å². The SMILES string of the molecule is CC1c2sc3ccccc3c2C=CC1c1ccc2oc3cc(Cl)ccc3c2c1. The molecule has 28 heavy (non-hydrogen) atoms. The van der Waals surface area contributed by atoms with Crippen LogP contribution < -0.4 is 0 Å². The van der Waals surface area contributed by atoms with Crippen molar-refractivity contribution in [3.8, 4) is 0 Å². The molecule has 2 unspecified atom stereocenters. The van der Waals surface area contributed by atoms with Gasteiger partial charge in [0.2, 0.25) is 0 Å². The van der Waals surface area contributed by atoms with Gasteiger partial charge in [0.1, 0.15) is 11.2 Å². The van der Waals surface area contributed by atoms with E-state index in [1.54, 1.807) is 0 Å². The number of hydrogen-bond donors (Lipinski definition) is 0. The number of halogens is 1. The lowest BCUT2D eigenvalue weighted by atomic mass is 9.80. The number of allylic oxidation sites excluding steroid dienone is 1. The summed E-state index contributed by atoms with van der Waals surface area (Å²) in [6.45, 7) is 2.35. The highest BCUT2D eigenvalue weighted by Gasteiger charge is 2.27. The van der Waals surface area contributed by atoms with Crippen molar-refractivity contribution in [1.82, 2.24) is 0 Å². The van der Waals surface area contributed by atoms with Gasteiger partial charge in [0.25, 0.3) is 0 Å². The van der Waals surface area contributed by atoms with Crippen molar-refractivity contribution < 1.29 is 4.42 Å². The summed E-state index contributed by atoms with van der Waals surface area (Å²) in [6, 6.07) is 21.2. The maximum Gasteiger partial charge on any atom is 0.136 e. The minimum atomic E-state index is 0.363. The van der Waals surface area contributed by atoms with Crippen molar-refractivity contribution >= 4 is 61.0 Å². The first-order chi connectivity index (χ1) is 13.7. The fourth-order valence-corrected chi connectivity index (χ4v) is 5.95. The summed E-state index contributed by atoms with van der Waals surface area (Å²) in [6.07, 6.45) is 4.68. The molecule has 0 radical (unpaired) electrons. The predicted octanol–water partition coefficient (Wildman–Crippen LogP) is 8.37. The molecular weight excluding hydrogens is 384 g/mol. The average molecular weight is 401 g/mol. The van der Waals surface area contributed by atoms with Crippen molar-refractivity contribution in [3.63, 3.8) is 0 Å². The molecule has 0 aliphatic heterocycles. The van der Waals surface area contributed by atoms with Gasteiger partial charge in [0.05, 0.1) is 0 Å². The topological polar surface area (TPSA) is 13.1 Å². The normalized spacial score (nSPS) is 18.9. The van der Waals surface area contributed by atoms with Crippen molar-refractivity contribution in [2.75, 3.05) is 0 Å². The number of benzene rings is 3. The van der Waals surface area contributed by atoms with E-state index in [-0.39, 0.29) is 0 Å². The van der Waals surface area contributed by atoms with E-state index < -0.39 is 0 Å². The molecule has 0 saturated heterocycles. The summed E-state index contributed by atoms with van der Waals surface area (Å²) < 4.78 is 7.37. The average Bonchev–Trinajstić information content (AvgIpc) is 3.26. The van der Waals surface area contributed by atoms with Gasteiger partial charge in [-0.3, -0.25) is 0 Å². The van der Waals surface area contributed by atoms with Gasteiger partial charge >= 0.3 is 0 Å². The van der Waals surface area contributed by atoms with Crippen molar-refractivity contribution in [2.24, 2.45) is 0 Å². The van der Waals surface area contributed by atoms with Gasteiger partial charge in [-0.15, -0.1) is 11.3 Å². The van der Waals surface area contributed by atoms with Crippen LogP contribution in [0.15, 0.2) is 71.2 Å². The maximum absolute atomic E-state index is 6.13. The first kappa shape index (κ1) is 16.4. The Morgan fingerprint density at radius 2 is 1.79 bits per heavy atom. The molecule has 0 amide bonds. The van der Waals surface area contributed by atoms with Crippen molar-refractivity contribution in [1.29, 1.82) is 0 Å². The molecule has 136 valence electrons. The van der Waals surface area contributed by atoms with E-state index >= 15 is 0 Å². The Morgan fingerprint density at radius 3 is 2.71 bits per heavy atom. The Kier molecular flexibility index (Phi) is 3.50. The molecule has 1 nitrogen and oxygen atoms in total. The summed E-state index contributed by atoms with van der Waals surface area (Å²) in [5, 5.41) is 4.35. The van der Waals surface area contributed by atoms with Gasteiger partial charge in [-0.25, -0.2) is 0 Å². The predicted molar refractivity (Wildman–Crippen MR) is 121 cm³/mol. The largest absolute Gasteiger partial charge is 0.456 e. The summed E-state index contributed by atoms with van der Waals surface area (Å²) in [5.41, 5.74) is 4.49. The van der Waals surface area contributed by atoms with E-state index in [0.29, 0.717) is 16.9 Å². The minimum absolute atomic E-state index is 0.363.